The minimum atomic E-state index is -4.65. The number of alkyl halides is 3. The number of nitrogens with zero attached hydrogens (tertiary/aromatic N) is 5. The quantitative estimate of drug-likeness (QED) is 0.0911. The smallest absolute Gasteiger partial charge is 0.422 e. The van der Waals surface area contributed by atoms with Gasteiger partial charge in [-0.25, -0.2) is 9.78 Å². The number of nitrogens with one attached hydrogen (secondary N) is 5. The second kappa shape index (κ2) is 17.7. The highest BCUT2D eigenvalue weighted by atomic mass is 35.5. The first-order valence-electron chi connectivity index (χ1n) is 17.4. The third-order valence-electron chi connectivity index (χ3n) is 8.69. The Kier molecular flexibility index (Phi) is 12.5. The second-order valence-electron chi connectivity index (χ2n) is 12.8. The number of morpholine rings is 1. The summed E-state index contributed by atoms with van der Waals surface area (Å²) in [6, 6.07) is 14.1. The van der Waals surface area contributed by atoms with Crippen LogP contribution in [0.2, 0.25) is 5.02 Å². The van der Waals surface area contributed by atoms with Gasteiger partial charge in [-0.1, -0.05) is 23.7 Å². The van der Waals surface area contributed by atoms with Gasteiger partial charge in [0.1, 0.15) is 11.9 Å². The van der Waals surface area contributed by atoms with Crippen molar-refractivity contribution in [2.24, 2.45) is 0 Å². The number of anilines is 5. The maximum Gasteiger partial charge on any atom is 0.422 e. The van der Waals surface area contributed by atoms with Gasteiger partial charge in [0, 0.05) is 35.9 Å². The van der Waals surface area contributed by atoms with E-state index in [9.17, 15) is 32.3 Å². The number of amides is 3. The van der Waals surface area contributed by atoms with Crippen LogP contribution in [0.15, 0.2) is 66.9 Å². The van der Waals surface area contributed by atoms with E-state index in [0.717, 1.165) is 12.7 Å². The molecule has 1 aliphatic carbocycles. The summed E-state index contributed by atoms with van der Waals surface area (Å²) in [4.78, 5) is 69.4. The summed E-state index contributed by atoms with van der Waals surface area (Å²) >= 11 is 6.03. The van der Waals surface area contributed by atoms with Crippen LogP contribution >= 0.6 is 11.6 Å². The SMILES string of the molecule is COC(=O)[C@H](CNC(=O)C(=O)Nc1ccc(N2CCOCC2)nc1)NC(=O)c1ccc(Nc2nc(NC3(c4ccc(Cl)cc4)CC3)nc(OCC(F)(F)F)n2)cc1. The number of aromatic nitrogens is 4. The van der Waals surface area contributed by atoms with Gasteiger partial charge in [-0.05, 0) is 66.9 Å². The zero-order valence-electron chi connectivity index (χ0n) is 30.2. The Labute approximate surface area is 328 Å². The van der Waals surface area contributed by atoms with E-state index in [1.54, 1.807) is 24.3 Å². The fourth-order valence-corrected chi connectivity index (χ4v) is 5.71. The van der Waals surface area contributed by atoms with Crippen LogP contribution in [-0.2, 0) is 29.4 Å². The van der Waals surface area contributed by atoms with Crippen LogP contribution in [0.1, 0.15) is 28.8 Å². The highest BCUT2D eigenvalue weighted by Gasteiger charge is 2.45. The molecule has 1 atom stereocenters. The zero-order valence-corrected chi connectivity index (χ0v) is 30.9. The average Bonchev–Trinajstić information content (AvgIpc) is 3.99. The van der Waals surface area contributed by atoms with Crippen LogP contribution in [0.5, 0.6) is 6.01 Å². The first-order chi connectivity index (χ1) is 27.3. The molecule has 1 saturated heterocycles. The van der Waals surface area contributed by atoms with E-state index in [2.05, 4.69) is 46.5 Å². The first-order valence-corrected chi connectivity index (χ1v) is 17.8. The highest BCUT2D eigenvalue weighted by molar-refractivity contribution is 6.39. The average molecular weight is 813 g/mol. The number of methoxy groups -OCH3 is 1. The number of pyridine rings is 1. The molecule has 5 N–H and O–H groups in total. The minimum Gasteiger partial charge on any atom is -0.467 e. The molecule has 0 unspecified atom stereocenters. The molecule has 3 heterocycles. The van der Waals surface area contributed by atoms with Crippen LogP contribution in [0, 0.1) is 0 Å². The third-order valence-corrected chi connectivity index (χ3v) is 8.94. The molecule has 1 aliphatic heterocycles. The number of esters is 1. The molecule has 0 radical (unpaired) electrons. The molecule has 0 spiro atoms. The zero-order chi connectivity index (χ0) is 40.6. The van der Waals surface area contributed by atoms with E-state index in [1.807, 2.05) is 17.0 Å². The van der Waals surface area contributed by atoms with E-state index >= 15 is 0 Å². The van der Waals surface area contributed by atoms with E-state index in [0.29, 0.717) is 55.7 Å². The summed E-state index contributed by atoms with van der Waals surface area (Å²) in [5, 5.41) is 13.8. The lowest BCUT2D eigenvalue weighted by Crippen LogP contribution is -2.50. The van der Waals surface area contributed by atoms with Crippen LogP contribution in [0.3, 0.4) is 0 Å². The molecule has 6 rings (SSSR count). The normalized spacial score (nSPS) is 15.1. The number of hydrogen-bond donors (Lipinski definition) is 5. The van der Waals surface area contributed by atoms with Crippen molar-refractivity contribution in [3.63, 3.8) is 0 Å². The van der Waals surface area contributed by atoms with Crippen LogP contribution in [-0.4, -0.2) is 102 Å². The number of ether oxygens (including phenoxy) is 3. The second-order valence-corrected chi connectivity index (χ2v) is 13.2. The maximum atomic E-state index is 13.1. The van der Waals surface area contributed by atoms with Crippen molar-refractivity contribution in [2.45, 2.75) is 30.6 Å². The largest absolute Gasteiger partial charge is 0.467 e. The Morgan fingerprint density at radius 2 is 1.60 bits per heavy atom. The molecule has 1 saturated carbocycles. The van der Waals surface area contributed by atoms with Crippen LogP contribution < -0.4 is 36.2 Å². The summed E-state index contributed by atoms with van der Waals surface area (Å²) in [5.41, 5.74) is 1.00. The van der Waals surface area contributed by atoms with Gasteiger partial charge >= 0.3 is 30.0 Å². The van der Waals surface area contributed by atoms with Gasteiger partial charge in [0.05, 0.1) is 37.7 Å². The predicted octanol–water partition coefficient (Wildman–Crippen LogP) is 3.57. The Morgan fingerprint density at radius 1 is 0.912 bits per heavy atom. The molecule has 300 valence electrons. The Bertz CT molecular complexity index is 2070. The van der Waals surface area contributed by atoms with Crippen LogP contribution in [0.4, 0.5) is 42.3 Å². The summed E-state index contributed by atoms with van der Waals surface area (Å²) in [6.45, 7) is 0.385. The van der Waals surface area contributed by atoms with Crippen molar-refractivity contribution < 1.29 is 46.6 Å². The fourth-order valence-electron chi connectivity index (χ4n) is 5.59. The molecule has 2 aromatic heterocycles. The number of halogens is 4. The molecule has 2 aliphatic rings. The molecule has 57 heavy (non-hydrogen) atoms. The fraction of sp³-hybridized carbons (Fsp3) is 0.333. The number of carbonyl (C=O) groups excluding carboxylic acids is 4. The van der Waals surface area contributed by atoms with E-state index < -0.39 is 60.6 Å². The Morgan fingerprint density at radius 3 is 2.23 bits per heavy atom. The molecule has 0 bridgehead atoms. The topological polar surface area (TPSA) is 211 Å². The van der Waals surface area contributed by atoms with Gasteiger partial charge in [-0.2, -0.15) is 28.1 Å². The predicted molar refractivity (Wildman–Crippen MR) is 199 cm³/mol. The molecule has 4 aromatic rings. The molecular weight excluding hydrogens is 777 g/mol. The van der Waals surface area contributed by atoms with Crippen molar-refractivity contribution in [3.8, 4) is 6.01 Å². The number of hydrogen-bond acceptors (Lipinski definition) is 14. The van der Waals surface area contributed by atoms with E-state index in [1.165, 1.54) is 30.5 Å². The summed E-state index contributed by atoms with van der Waals surface area (Å²) < 4.78 is 53.9. The summed E-state index contributed by atoms with van der Waals surface area (Å²) in [6.07, 6.45) is -1.84. The highest BCUT2D eigenvalue weighted by Crippen LogP contribution is 2.48. The maximum absolute atomic E-state index is 13.1. The Hall–Kier alpha value is -6.28. The first kappa shape index (κ1) is 40.4. The summed E-state index contributed by atoms with van der Waals surface area (Å²) in [7, 11) is 1.09. The van der Waals surface area contributed by atoms with Crippen molar-refractivity contribution in [2.75, 3.05) is 67.4 Å². The number of rotatable bonds is 14. The minimum absolute atomic E-state index is 0.0401. The lowest BCUT2D eigenvalue weighted by molar-refractivity contribution is -0.154. The molecular formula is C36H36ClF3N10O7. The lowest BCUT2D eigenvalue weighted by atomic mass is 10.1. The van der Waals surface area contributed by atoms with E-state index in [-0.39, 0.29) is 23.1 Å². The van der Waals surface area contributed by atoms with Crippen molar-refractivity contribution >= 4 is 64.4 Å². The number of carbonyl (C=O) groups is 4. The van der Waals surface area contributed by atoms with Gasteiger partial charge in [-0.15, -0.1) is 0 Å². The van der Waals surface area contributed by atoms with Gasteiger partial charge in [0.15, 0.2) is 6.61 Å². The Balaban J connectivity index is 1.06. The van der Waals surface area contributed by atoms with Gasteiger partial charge in [-0.3, -0.25) is 14.4 Å². The van der Waals surface area contributed by atoms with E-state index in [4.69, 9.17) is 25.8 Å². The summed E-state index contributed by atoms with van der Waals surface area (Å²) in [5.74, 6) is -3.22. The third kappa shape index (κ3) is 11.2. The van der Waals surface area contributed by atoms with Crippen molar-refractivity contribution in [1.82, 2.24) is 30.6 Å². The monoisotopic (exact) mass is 812 g/mol. The van der Waals surface area contributed by atoms with Gasteiger partial charge < -0.3 is 45.7 Å². The molecule has 2 aromatic carbocycles. The van der Waals surface area contributed by atoms with Crippen molar-refractivity contribution in [1.29, 1.82) is 0 Å². The molecule has 2 fully saturated rings. The molecule has 21 heteroatoms. The van der Waals surface area contributed by atoms with Crippen LogP contribution in [0.25, 0.3) is 0 Å². The number of benzene rings is 2. The van der Waals surface area contributed by atoms with Gasteiger partial charge in [0.25, 0.3) is 5.91 Å². The molecule has 17 nitrogen and oxygen atoms in total. The van der Waals surface area contributed by atoms with Crippen molar-refractivity contribution in [3.05, 3.63) is 83.0 Å². The standard InChI is InChI=1S/C36H36ClF3N10O7/c1-55-31(54)26(19-42-29(52)30(53)43-25-10-11-27(41-18-25)50-14-16-56-17-15-50)45-28(51)21-2-8-24(9-3-21)44-32-46-33(48-34(47-32)57-20-36(38,39)40)49-35(12-13-35)22-4-6-23(37)7-5-22/h2-11,18,26H,12-17,19-20H2,1H3,(H,42,52)(H,43,53)(H,45,51)(H2,44,46,47,48,49)/t26-/m0/s1. The van der Waals surface area contributed by atoms with Gasteiger partial charge in [0.2, 0.25) is 11.9 Å². The molecule has 3 amide bonds. The lowest BCUT2D eigenvalue weighted by Gasteiger charge is -2.27.